The van der Waals surface area contributed by atoms with Gasteiger partial charge in [0.25, 0.3) is 0 Å². The number of hydrogen-bond donors (Lipinski definition) is 0. The fourth-order valence-electron chi connectivity index (χ4n) is 0.759. The molecule has 0 fully saturated rings. The molecule has 5 nitrogen and oxygen atoms in total. The highest BCUT2D eigenvalue weighted by atomic mass is 16.5. The number of aliphatic imine (C=N–C) groups is 1. The molecule has 0 radical (unpaired) electrons. The van der Waals surface area contributed by atoms with Crippen LogP contribution in [0.1, 0.15) is 5.69 Å². The number of ether oxygens (including phenoxy) is 1. The third-order valence-electron chi connectivity index (χ3n) is 1.24. The molecule has 62 valence electrons. The van der Waals surface area contributed by atoms with Crippen LogP contribution in [0, 0.1) is 6.92 Å². The first-order chi connectivity index (χ1) is 5.77. The minimum atomic E-state index is 0.239. The van der Waals surface area contributed by atoms with Crippen molar-refractivity contribution in [1.82, 2.24) is 9.97 Å². The van der Waals surface area contributed by atoms with Crippen LogP contribution in [0.5, 0.6) is 5.88 Å². The lowest BCUT2D eigenvalue weighted by Gasteiger charge is -2.00. The summed E-state index contributed by atoms with van der Waals surface area (Å²) in [5.74, 6) is 0.670. The number of isocyanates is 1. The predicted octanol–water partition coefficient (Wildman–Crippen LogP) is 0.761. The molecular formula is C7H7N3O2. The lowest BCUT2D eigenvalue weighted by molar-refractivity contribution is 0.392. The van der Waals surface area contributed by atoms with Crippen LogP contribution >= 0.6 is 0 Å². The SMILES string of the molecule is COc1ncc(N=C=O)nc1C. The first-order valence-electron chi connectivity index (χ1n) is 3.23. The van der Waals surface area contributed by atoms with Crippen LogP contribution in [0.15, 0.2) is 11.2 Å². The Morgan fingerprint density at radius 2 is 2.42 bits per heavy atom. The Hall–Kier alpha value is -1.74. The van der Waals surface area contributed by atoms with Crippen molar-refractivity contribution in [2.45, 2.75) is 6.92 Å². The van der Waals surface area contributed by atoms with Crippen molar-refractivity contribution >= 4 is 11.9 Å². The average Bonchev–Trinajstić information content (AvgIpc) is 2.05. The van der Waals surface area contributed by atoms with Gasteiger partial charge in [0.2, 0.25) is 12.0 Å². The van der Waals surface area contributed by atoms with Crippen molar-refractivity contribution < 1.29 is 9.53 Å². The summed E-state index contributed by atoms with van der Waals surface area (Å²) in [6.45, 7) is 1.72. The van der Waals surface area contributed by atoms with E-state index in [2.05, 4.69) is 15.0 Å². The van der Waals surface area contributed by atoms with E-state index in [1.165, 1.54) is 19.4 Å². The minimum Gasteiger partial charge on any atom is -0.480 e. The molecule has 0 N–H and O–H groups in total. The zero-order valence-corrected chi connectivity index (χ0v) is 6.74. The Kier molecular flexibility index (Phi) is 2.50. The zero-order valence-electron chi connectivity index (χ0n) is 6.74. The summed E-state index contributed by atoms with van der Waals surface area (Å²) < 4.78 is 4.86. The molecule has 0 aliphatic carbocycles. The highest BCUT2D eigenvalue weighted by Gasteiger charge is 2.01. The molecule has 1 rings (SSSR count). The molecule has 0 amide bonds. The summed E-state index contributed by atoms with van der Waals surface area (Å²) >= 11 is 0. The fourth-order valence-corrected chi connectivity index (χ4v) is 0.759. The highest BCUT2D eigenvalue weighted by Crippen LogP contribution is 2.14. The topological polar surface area (TPSA) is 64.4 Å². The highest BCUT2D eigenvalue weighted by molar-refractivity contribution is 5.44. The van der Waals surface area contributed by atoms with Crippen LogP contribution in [-0.2, 0) is 4.79 Å². The van der Waals surface area contributed by atoms with Gasteiger partial charge >= 0.3 is 0 Å². The fraction of sp³-hybridized carbons (Fsp3) is 0.286. The summed E-state index contributed by atoms with van der Waals surface area (Å²) in [5, 5.41) is 0. The molecule has 0 aliphatic heterocycles. The second kappa shape index (κ2) is 3.59. The van der Waals surface area contributed by atoms with Gasteiger partial charge in [0.15, 0.2) is 5.82 Å². The van der Waals surface area contributed by atoms with Gasteiger partial charge in [0.1, 0.15) is 5.69 Å². The van der Waals surface area contributed by atoms with E-state index in [9.17, 15) is 4.79 Å². The smallest absolute Gasteiger partial charge is 0.242 e. The van der Waals surface area contributed by atoms with Crippen molar-refractivity contribution in [3.63, 3.8) is 0 Å². The largest absolute Gasteiger partial charge is 0.480 e. The van der Waals surface area contributed by atoms with Gasteiger partial charge in [-0.1, -0.05) is 0 Å². The second-order valence-corrected chi connectivity index (χ2v) is 2.03. The van der Waals surface area contributed by atoms with Crippen molar-refractivity contribution in [2.75, 3.05) is 7.11 Å². The Labute approximate surface area is 69.1 Å². The van der Waals surface area contributed by atoms with Crippen LogP contribution in [0.2, 0.25) is 0 Å². The van der Waals surface area contributed by atoms with Gasteiger partial charge in [-0.15, -0.1) is 4.99 Å². The van der Waals surface area contributed by atoms with E-state index in [1.54, 1.807) is 6.92 Å². The van der Waals surface area contributed by atoms with Crippen molar-refractivity contribution in [3.8, 4) is 5.88 Å². The van der Waals surface area contributed by atoms with Gasteiger partial charge in [-0.2, -0.15) is 0 Å². The van der Waals surface area contributed by atoms with E-state index >= 15 is 0 Å². The number of nitrogens with zero attached hydrogens (tertiary/aromatic N) is 3. The molecule has 0 aliphatic rings. The maximum Gasteiger partial charge on any atom is 0.242 e. The van der Waals surface area contributed by atoms with Crippen LogP contribution in [0.3, 0.4) is 0 Å². The first kappa shape index (κ1) is 8.36. The third-order valence-corrected chi connectivity index (χ3v) is 1.24. The second-order valence-electron chi connectivity index (χ2n) is 2.03. The third kappa shape index (κ3) is 1.65. The van der Waals surface area contributed by atoms with E-state index in [-0.39, 0.29) is 5.82 Å². The van der Waals surface area contributed by atoms with E-state index < -0.39 is 0 Å². The predicted molar refractivity (Wildman–Crippen MR) is 41.1 cm³/mol. The molecule has 0 unspecified atom stereocenters. The molecule has 1 heterocycles. The summed E-state index contributed by atoms with van der Waals surface area (Å²) in [5.41, 5.74) is 0.592. The Morgan fingerprint density at radius 1 is 1.67 bits per heavy atom. The number of aryl methyl sites for hydroxylation is 1. The molecule has 0 atom stereocenters. The summed E-state index contributed by atoms with van der Waals surface area (Å²) in [7, 11) is 1.50. The van der Waals surface area contributed by atoms with Crippen molar-refractivity contribution in [2.24, 2.45) is 4.99 Å². The van der Waals surface area contributed by atoms with E-state index in [4.69, 9.17) is 4.74 Å². The van der Waals surface area contributed by atoms with Gasteiger partial charge in [-0.25, -0.2) is 14.8 Å². The van der Waals surface area contributed by atoms with Crippen LogP contribution in [0.25, 0.3) is 0 Å². The monoisotopic (exact) mass is 165 g/mol. The number of carbonyl (C=O) groups excluding carboxylic acids is 1. The van der Waals surface area contributed by atoms with E-state index in [1.807, 2.05) is 0 Å². The van der Waals surface area contributed by atoms with Gasteiger partial charge in [-0.05, 0) is 6.92 Å². The Morgan fingerprint density at radius 3 is 2.92 bits per heavy atom. The number of methoxy groups -OCH3 is 1. The van der Waals surface area contributed by atoms with Crippen LogP contribution < -0.4 is 4.74 Å². The molecule has 12 heavy (non-hydrogen) atoms. The number of aromatic nitrogens is 2. The van der Waals surface area contributed by atoms with Crippen LogP contribution in [0.4, 0.5) is 5.82 Å². The molecule has 0 spiro atoms. The standard InChI is InChI=1S/C7H7N3O2/c1-5-7(12-2)8-3-6(10-5)9-4-11/h3H,1-2H3. The molecule has 1 aromatic rings. The number of hydrogen-bond acceptors (Lipinski definition) is 5. The van der Waals surface area contributed by atoms with Crippen LogP contribution in [-0.4, -0.2) is 23.2 Å². The van der Waals surface area contributed by atoms with Gasteiger partial charge in [0.05, 0.1) is 13.3 Å². The quantitative estimate of drug-likeness (QED) is 0.479. The Bertz CT molecular complexity index is 331. The van der Waals surface area contributed by atoms with Gasteiger partial charge in [-0.3, -0.25) is 0 Å². The molecule has 0 saturated heterocycles. The summed E-state index contributed by atoms with van der Waals surface area (Å²) in [6.07, 6.45) is 2.72. The van der Waals surface area contributed by atoms with E-state index in [0.717, 1.165) is 0 Å². The summed E-state index contributed by atoms with van der Waals surface area (Å²) in [4.78, 5) is 20.9. The normalized spacial score (nSPS) is 8.83. The zero-order chi connectivity index (χ0) is 8.97. The minimum absolute atomic E-state index is 0.239. The van der Waals surface area contributed by atoms with Crippen molar-refractivity contribution in [1.29, 1.82) is 0 Å². The summed E-state index contributed by atoms with van der Waals surface area (Å²) in [6, 6.07) is 0. The molecule has 0 saturated carbocycles. The lowest BCUT2D eigenvalue weighted by Crippen LogP contribution is -1.93. The number of rotatable bonds is 2. The maximum absolute atomic E-state index is 9.85. The molecular weight excluding hydrogens is 158 g/mol. The Balaban J connectivity index is 3.09. The van der Waals surface area contributed by atoms with Gasteiger partial charge < -0.3 is 4.74 Å². The first-order valence-corrected chi connectivity index (χ1v) is 3.23. The van der Waals surface area contributed by atoms with Crippen molar-refractivity contribution in [3.05, 3.63) is 11.9 Å². The van der Waals surface area contributed by atoms with Gasteiger partial charge in [0, 0.05) is 0 Å². The molecule has 1 aromatic heterocycles. The maximum atomic E-state index is 9.85. The average molecular weight is 165 g/mol. The van der Waals surface area contributed by atoms with E-state index in [0.29, 0.717) is 11.6 Å². The molecule has 0 aromatic carbocycles. The molecule has 5 heteroatoms. The lowest BCUT2D eigenvalue weighted by atomic mass is 10.5. The molecule has 0 bridgehead atoms.